The normalized spacial score (nSPS) is 12.5. The molecule has 0 bridgehead atoms. The number of carbonyl (C=O) groups is 1. The van der Waals surface area contributed by atoms with Crippen molar-refractivity contribution in [3.63, 3.8) is 0 Å². The molecule has 3 nitrogen and oxygen atoms in total. The minimum absolute atomic E-state index is 0.0167. The molecule has 0 heterocycles. The molecule has 0 aliphatic carbocycles. The Kier molecular flexibility index (Phi) is 4.75. The fourth-order valence-corrected chi connectivity index (χ4v) is 1.29. The van der Waals surface area contributed by atoms with Gasteiger partial charge < -0.3 is 10.4 Å². The average molecular weight is 228 g/mol. The zero-order valence-electron chi connectivity index (χ0n) is 8.53. The van der Waals surface area contributed by atoms with Gasteiger partial charge in [0.1, 0.15) is 0 Å². The second-order valence-electron chi connectivity index (χ2n) is 3.40. The van der Waals surface area contributed by atoms with Crippen LogP contribution in [-0.2, 0) is 0 Å². The van der Waals surface area contributed by atoms with Crippen molar-refractivity contribution in [3.8, 4) is 0 Å². The van der Waals surface area contributed by atoms with E-state index in [4.69, 9.17) is 16.7 Å². The third-order valence-corrected chi connectivity index (χ3v) is 2.27. The number of nitrogens with one attached hydrogen (secondary N) is 1. The summed E-state index contributed by atoms with van der Waals surface area (Å²) in [4.78, 5) is 11.6. The lowest BCUT2D eigenvalue weighted by molar-refractivity contribution is 0.0984. The Balaban J connectivity index is 2.54. The van der Waals surface area contributed by atoms with E-state index in [1.807, 2.05) is 6.92 Å². The third-order valence-electron chi connectivity index (χ3n) is 2.03. The van der Waals surface area contributed by atoms with Crippen LogP contribution < -0.4 is 5.32 Å². The third kappa shape index (κ3) is 4.00. The number of benzene rings is 1. The van der Waals surface area contributed by atoms with Crippen LogP contribution in [-0.4, -0.2) is 30.1 Å². The first-order valence-electron chi connectivity index (χ1n) is 4.76. The zero-order chi connectivity index (χ0) is 11.3. The number of aliphatic hydroxyl groups excluding tert-OH is 1. The first-order chi connectivity index (χ1) is 7.13. The van der Waals surface area contributed by atoms with Crippen molar-refractivity contribution in [3.05, 3.63) is 34.9 Å². The molecule has 1 unspecified atom stereocenters. The maximum Gasteiger partial charge on any atom is 0.176 e. The molecular formula is C11H14ClNO2. The number of aliphatic hydroxyl groups is 1. The van der Waals surface area contributed by atoms with E-state index >= 15 is 0 Å². The molecule has 82 valence electrons. The summed E-state index contributed by atoms with van der Waals surface area (Å²) in [7, 11) is 0. The predicted molar refractivity (Wildman–Crippen MR) is 60.3 cm³/mol. The minimum atomic E-state index is -0.0758. The zero-order valence-corrected chi connectivity index (χ0v) is 9.29. The molecule has 0 saturated heterocycles. The van der Waals surface area contributed by atoms with E-state index in [1.54, 1.807) is 24.3 Å². The molecule has 0 aromatic heterocycles. The Morgan fingerprint density at radius 3 is 2.93 bits per heavy atom. The second kappa shape index (κ2) is 5.85. The quantitative estimate of drug-likeness (QED) is 0.750. The molecule has 0 fully saturated rings. The van der Waals surface area contributed by atoms with Gasteiger partial charge in [0.15, 0.2) is 5.78 Å². The summed E-state index contributed by atoms with van der Waals surface area (Å²) in [5.74, 6) is -0.0298. The Morgan fingerprint density at radius 1 is 1.60 bits per heavy atom. The first-order valence-corrected chi connectivity index (χ1v) is 5.14. The van der Waals surface area contributed by atoms with Gasteiger partial charge in [-0.3, -0.25) is 4.79 Å². The summed E-state index contributed by atoms with van der Waals surface area (Å²) in [6.07, 6.45) is 0. The van der Waals surface area contributed by atoms with Gasteiger partial charge in [0.25, 0.3) is 0 Å². The van der Waals surface area contributed by atoms with Gasteiger partial charge in [-0.2, -0.15) is 0 Å². The number of Topliss-reactive ketones (excluding diaryl/α,β-unsaturated/α-hetero) is 1. The van der Waals surface area contributed by atoms with Crippen molar-refractivity contribution in [2.75, 3.05) is 13.2 Å². The topological polar surface area (TPSA) is 49.3 Å². The SMILES string of the molecule is CC(CO)NCC(=O)c1cccc(Cl)c1. The molecule has 1 aromatic carbocycles. The van der Waals surface area contributed by atoms with Crippen molar-refractivity contribution in [1.29, 1.82) is 0 Å². The van der Waals surface area contributed by atoms with Crippen LogP contribution in [0.2, 0.25) is 5.02 Å². The molecule has 4 heteroatoms. The number of hydrogen-bond acceptors (Lipinski definition) is 3. The molecular weight excluding hydrogens is 214 g/mol. The molecule has 1 rings (SSSR count). The molecule has 15 heavy (non-hydrogen) atoms. The number of carbonyl (C=O) groups excluding carboxylic acids is 1. The molecule has 1 aromatic rings. The Labute approximate surface area is 94.1 Å². The molecule has 1 atom stereocenters. The van der Waals surface area contributed by atoms with Gasteiger partial charge >= 0.3 is 0 Å². The monoisotopic (exact) mass is 227 g/mol. The van der Waals surface area contributed by atoms with Gasteiger partial charge in [0, 0.05) is 16.6 Å². The molecule has 0 aliphatic rings. The summed E-state index contributed by atoms with van der Waals surface area (Å²) < 4.78 is 0. The molecule has 2 N–H and O–H groups in total. The predicted octanol–water partition coefficient (Wildman–Crippen LogP) is 1.49. The highest BCUT2D eigenvalue weighted by atomic mass is 35.5. The number of ketones is 1. The van der Waals surface area contributed by atoms with Crippen molar-refractivity contribution in [2.45, 2.75) is 13.0 Å². The maximum absolute atomic E-state index is 11.6. The maximum atomic E-state index is 11.6. The fraction of sp³-hybridized carbons (Fsp3) is 0.364. The van der Waals surface area contributed by atoms with Gasteiger partial charge in [0.05, 0.1) is 13.2 Å². The van der Waals surface area contributed by atoms with E-state index in [0.29, 0.717) is 10.6 Å². The number of halogens is 1. The molecule has 0 aliphatic heterocycles. The van der Waals surface area contributed by atoms with Crippen molar-refractivity contribution in [2.24, 2.45) is 0 Å². The highest BCUT2D eigenvalue weighted by Crippen LogP contribution is 2.10. The van der Waals surface area contributed by atoms with Gasteiger partial charge in [-0.05, 0) is 19.1 Å². The number of rotatable bonds is 5. The van der Waals surface area contributed by atoms with Crippen molar-refractivity contribution < 1.29 is 9.90 Å². The Hall–Kier alpha value is -0.900. The lowest BCUT2D eigenvalue weighted by atomic mass is 10.1. The Bertz CT molecular complexity index is 341. The summed E-state index contributed by atoms with van der Waals surface area (Å²) >= 11 is 5.77. The highest BCUT2D eigenvalue weighted by Gasteiger charge is 2.07. The van der Waals surface area contributed by atoms with Crippen LogP contribution in [0.4, 0.5) is 0 Å². The minimum Gasteiger partial charge on any atom is -0.395 e. The van der Waals surface area contributed by atoms with Crippen LogP contribution in [0.5, 0.6) is 0 Å². The summed E-state index contributed by atoms with van der Waals surface area (Å²) in [5, 5.41) is 12.2. The van der Waals surface area contributed by atoms with Crippen LogP contribution in [0, 0.1) is 0 Å². The Morgan fingerprint density at radius 2 is 2.33 bits per heavy atom. The summed E-state index contributed by atoms with van der Waals surface area (Å²) in [5.41, 5.74) is 0.583. The largest absolute Gasteiger partial charge is 0.395 e. The van der Waals surface area contributed by atoms with Crippen LogP contribution in [0.25, 0.3) is 0 Å². The fourth-order valence-electron chi connectivity index (χ4n) is 1.10. The molecule has 0 amide bonds. The highest BCUT2D eigenvalue weighted by molar-refractivity contribution is 6.31. The van der Waals surface area contributed by atoms with Gasteiger partial charge in [-0.1, -0.05) is 23.7 Å². The van der Waals surface area contributed by atoms with Gasteiger partial charge in [0.2, 0.25) is 0 Å². The molecule has 0 spiro atoms. The first kappa shape index (κ1) is 12.2. The van der Waals surface area contributed by atoms with E-state index in [0.717, 1.165) is 0 Å². The lowest BCUT2D eigenvalue weighted by Crippen LogP contribution is -2.33. The van der Waals surface area contributed by atoms with E-state index in [-0.39, 0.29) is 25.0 Å². The smallest absolute Gasteiger partial charge is 0.176 e. The standard InChI is InChI=1S/C11H14ClNO2/c1-8(7-14)13-6-11(15)9-3-2-4-10(12)5-9/h2-5,8,13-14H,6-7H2,1H3. The van der Waals surface area contributed by atoms with Crippen molar-refractivity contribution >= 4 is 17.4 Å². The molecule has 0 radical (unpaired) electrons. The van der Waals surface area contributed by atoms with Crippen LogP contribution in [0.1, 0.15) is 17.3 Å². The van der Waals surface area contributed by atoms with E-state index in [1.165, 1.54) is 0 Å². The van der Waals surface area contributed by atoms with Gasteiger partial charge in [-0.15, -0.1) is 0 Å². The van der Waals surface area contributed by atoms with E-state index in [2.05, 4.69) is 5.32 Å². The van der Waals surface area contributed by atoms with Crippen LogP contribution in [0.15, 0.2) is 24.3 Å². The second-order valence-corrected chi connectivity index (χ2v) is 3.83. The van der Waals surface area contributed by atoms with Crippen molar-refractivity contribution in [1.82, 2.24) is 5.32 Å². The lowest BCUT2D eigenvalue weighted by Gasteiger charge is -2.09. The summed E-state index contributed by atoms with van der Waals surface area (Å²) in [6, 6.07) is 6.75. The number of hydrogen-bond donors (Lipinski definition) is 2. The average Bonchev–Trinajstić information content (AvgIpc) is 2.25. The summed E-state index contributed by atoms with van der Waals surface area (Å²) in [6.45, 7) is 2.04. The molecule has 0 saturated carbocycles. The van der Waals surface area contributed by atoms with E-state index in [9.17, 15) is 4.79 Å². The van der Waals surface area contributed by atoms with Crippen LogP contribution >= 0.6 is 11.6 Å². The van der Waals surface area contributed by atoms with Gasteiger partial charge in [-0.25, -0.2) is 0 Å². The van der Waals surface area contributed by atoms with E-state index < -0.39 is 0 Å². The van der Waals surface area contributed by atoms with Crippen LogP contribution in [0.3, 0.4) is 0 Å².